The number of hydrogen-bond acceptors (Lipinski definition) is 1. The molecule has 2 unspecified atom stereocenters. The van der Waals surface area contributed by atoms with E-state index >= 15 is 0 Å². The highest BCUT2D eigenvalue weighted by Crippen LogP contribution is 2.48. The third kappa shape index (κ3) is 3.14. The van der Waals surface area contributed by atoms with Gasteiger partial charge in [0.2, 0.25) is 5.91 Å². The Morgan fingerprint density at radius 3 is 2.59 bits per heavy atom. The Hall–Kier alpha value is -1.87. The maximum atomic E-state index is 12.9. The molecule has 22 heavy (non-hydrogen) atoms. The molecule has 0 saturated heterocycles. The quantitative estimate of drug-likeness (QED) is 0.826. The van der Waals surface area contributed by atoms with Crippen molar-refractivity contribution in [3.63, 3.8) is 0 Å². The first-order valence-corrected chi connectivity index (χ1v) is 7.68. The second-order valence-corrected chi connectivity index (χ2v) is 6.19. The van der Waals surface area contributed by atoms with Gasteiger partial charge in [0.15, 0.2) is 0 Å². The molecule has 0 bridgehead atoms. The number of rotatable bonds is 4. The van der Waals surface area contributed by atoms with Gasteiger partial charge in [0, 0.05) is 24.5 Å². The highest BCUT2D eigenvalue weighted by atomic mass is 35.5. The van der Waals surface area contributed by atoms with Crippen molar-refractivity contribution in [1.82, 2.24) is 4.90 Å². The van der Waals surface area contributed by atoms with Gasteiger partial charge in [-0.1, -0.05) is 41.9 Å². The van der Waals surface area contributed by atoms with Crippen molar-refractivity contribution in [1.29, 1.82) is 0 Å². The van der Waals surface area contributed by atoms with Crippen LogP contribution in [0, 0.1) is 11.7 Å². The second kappa shape index (κ2) is 6.09. The molecule has 2 nitrogen and oxygen atoms in total. The fourth-order valence-corrected chi connectivity index (χ4v) is 2.98. The predicted octanol–water partition coefficient (Wildman–Crippen LogP) is 4.24. The smallest absolute Gasteiger partial charge is 0.226 e. The van der Waals surface area contributed by atoms with Crippen LogP contribution in [0.1, 0.15) is 23.5 Å². The van der Waals surface area contributed by atoms with Crippen LogP contribution >= 0.6 is 11.6 Å². The summed E-state index contributed by atoms with van der Waals surface area (Å²) in [7, 11) is 1.80. The van der Waals surface area contributed by atoms with E-state index in [0.717, 1.165) is 17.5 Å². The molecule has 1 aliphatic rings. The summed E-state index contributed by atoms with van der Waals surface area (Å²) >= 11 is 6.13. The van der Waals surface area contributed by atoms with E-state index in [0.29, 0.717) is 11.6 Å². The van der Waals surface area contributed by atoms with Gasteiger partial charge in [-0.25, -0.2) is 4.39 Å². The normalized spacial score (nSPS) is 19.8. The lowest BCUT2D eigenvalue weighted by molar-refractivity contribution is -0.131. The third-order valence-electron chi connectivity index (χ3n) is 4.15. The maximum Gasteiger partial charge on any atom is 0.226 e. The molecule has 1 amide bonds. The van der Waals surface area contributed by atoms with Gasteiger partial charge in [-0.15, -0.1) is 0 Å². The van der Waals surface area contributed by atoms with E-state index in [2.05, 4.69) is 0 Å². The molecule has 4 heteroatoms. The van der Waals surface area contributed by atoms with Crippen LogP contribution in [0.4, 0.5) is 4.39 Å². The fourth-order valence-electron chi connectivity index (χ4n) is 2.79. The van der Waals surface area contributed by atoms with Crippen LogP contribution in [-0.4, -0.2) is 17.9 Å². The summed E-state index contributed by atoms with van der Waals surface area (Å²) in [4.78, 5) is 14.2. The maximum absolute atomic E-state index is 12.9. The predicted molar refractivity (Wildman–Crippen MR) is 85.2 cm³/mol. The van der Waals surface area contributed by atoms with Crippen molar-refractivity contribution < 1.29 is 9.18 Å². The molecule has 1 fully saturated rings. The summed E-state index contributed by atoms with van der Waals surface area (Å²) < 4.78 is 12.9. The lowest BCUT2D eigenvalue weighted by atomic mass is 10.1. The Bertz CT molecular complexity index is 686. The molecule has 2 aromatic rings. The SMILES string of the molecule is CN(Cc1ccccc1Cl)C(=O)C1CC1c1ccc(F)cc1. The highest BCUT2D eigenvalue weighted by Gasteiger charge is 2.45. The molecule has 0 radical (unpaired) electrons. The molecule has 0 N–H and O–H groups in total. The van der Waals surface area contributed by atoms with E-state index in [1.165, 1.54) is 12.1 Å². The first-order chi connectivity index (χ1) is 10.6. The molecule has 114 valence electrons. The van der Waals surface area contributed by atoms with Crippen molar-refractivity contribution in [2.24, 2.45) is 5.92 Å². The molecule has 0 heterocycles. The standard InChI is InChI=1S/C18H17ClFNO/c1-21(11-13-4-2-3-5-17(13)19)18(22)16-10-15(16)12-6-8-14(20)9-7-12/h2-9,15-16H,10-11H2,1H3. The molecular formula is C18H17ClFNO. The van der Waals surface area contributed by atoms with Gasteiger partial charge >= 0.3 is 0 Å². The van der Waals surface area contributed by atoms with E-state index in [4.69, 9.17) is 11.6 Å². The summed E-state index contributed by atoms with van der Waals surface area (Å²) in [6.45, 7) is 0.505. The van der Waals surface area contributed by atoms with Crippen LogP contribution in [0.25, 0.3) is 0 Å². The summed E-state index contributed by atoms with van der Waals surface area (Å²) in [6.07, 6.45) is 0.831. The van der Waals surface area contributed by atoms with Gasteiger partial charge in [0.05, 0.1) is 0 Å². The fraction of sp³-hybridized carbons (Fsp3) is 0.278. The van der Waals surface area contributed by atoms with Crippen molar-refractivity contribution in [2.75, 3.05) is 7.05 Å². The molecule has 3 rings (SSSR count). The molecule has 1 aliphatic carbocycles. The van der Waals surface area contributed by atoms with Gasteiger partial charge in [-0.3, -0.25) is 4.79 Å². The Labute approximate surface area is 134 Å². The Morgan fingerprint density at radius 2 is 1.91 bits per heavy atom. The molecule has 0 aliphatic heterocycles. The minimum Gasteiger partial charge on any atom is -0.341 e. The number of nitrogens with zero attached hydrogens (tertiary/aromatic N) is 1. The molecule has 0 aromatic heterocycles. The second-order valence-electron chi connectivity index (χ2n) is 5.79. The van der Waals surface area contributed by atoms with Gasteiger partial charge in [-0.2, -0.15) is 0 Å². The van der Waals surface area contributed by atoms with Crippen LogP contribution in [0.2, 0.25) is 5.02 Å². The van der Waals surface area contributed by atoms with Crippen LogP contribution in [-0.2, 0) is 11.3 Å². The first kappa shape index (κ1) is 15.0. The van der Waals surface area contributed by atoms with Crippen LogP contribution in [0.3, 0.4) is 0 Å². The van der Waals surface area contributed by atoms with Crippen LogP contribution in [0.15, 0.2) is 48.5 Å². The average molecular weight is 318 g/mol. The van der Waals surface area contributed by atoms with Gasteiger partial charge in [0.1, 0.15) is 5.82 Å². The van der Waals surface area contributed by atoms with Crippen molar-refractivity contribution in [3.8, 4) is 0 Å². The molecule has 1 saturated carbocycles. The van der Waals surface area contributed by atoms with E-state index in [-0.39, 0.29) is 23.6 Å². The average Bonchev–Trinajstić information content (AvgIpc) is 3.30. The minimum absolute atomic E-state index is 0.00190. The first-order valence-electron chi connectivity index (χ1n) is 7.30. The molecular weight excluding hydrogens is 301 g/mol. The van der Waals surface area contributed by atoms with Gasteiger partial charge in [-0.05, 0) is 41.7 Å². The zero-order chi connectivity index (χ0) is 15.7. The third-order valence-corrected chi connectivity index (χ3v) is 4.52. The summed E-state index contributed by atoms with van der Waals surface area (Å²) in [5.41, 5.74) is 1.98. The van der Waals surface area contributed by atoms with Crippen LogP contribution < -0.4 is 0 Å². The molecule has 2 aromatic carbocycles. The highest BCUT2D eigenvalue weighted by molar-refractivity contribution is 6.31. The van der Waals surface area contributed by atoms with Crippen molar-refractivity contribution >= 4 is 17.5 Å². The monoisotopic (exact) mass is 317 g/mol. The number of carbonyl (C=O) groups excluding carboxylic acids is 1. The topological polar surface area (TPSA) is 20.3 Å². The molecule has 2 atom stereocenters. The van der Waals surface area contributed by atoms with E-state index in [1.807, 2.05) is 24.3 Å². The van der Waals surface area contributed by atoms with E-state index in [9.17, 15) is 9.18 Å². The van der Waals surface area contributed by atoms with Crippen LogP contribution in [0.5, 0.6) is 0 Å². The number of hydrogen-bond donors (Lipinski definition) is 0. The van der Waals surface area contributed by atoms with E-state index in [1.54, 1.807) is 24.1 Å². The Morgan fingerprint density at radius 1 is 1.23 bits per heavy atom. The summed E-state index contributed by atoms with van der Waals surface area (Å²) in [5, 5.41) is 0.674. The minimum atomic E-state index is -0.247. The largest absolute Gasteiger partial charge is 0.341 e. The van der Waals surface area contributed by atoms with Crippen molar-refractivity contribution in [3.05, 3.63) is 70.5 Å². The number of carbonyl (C=O) groups is 1. The number of halogens is 2. The van der Waals surface area contributed by atoms with Gasteiger partial charge < -0.3 is 4.90 Å². The number of amides is 1. The Kier molecular flexibility index (Phi) is 4.16. The summed E-state index contributed by atoms with van der Waals surface area (Å²) in [5.74, 6) is 0.0807. The molecule has 0 spiro atoms. The summed E-state index contributed by atoms with van der Waals surface area (Å²) in [6, 6.07) is 14.0. The zero-order valence-corrected chi connectivity index (χ0v) is 13.1. The van der Waals surface area contributed by atoms with Gasteiger partial charge in [0.25, 0.3) is 0 Å². The van der Waals surface area contributed by atoms with Crippen molar-refractivity contribution in [2.45, 2.75) is 18.9 Å². The zero-order valence-electron chi connectivity index (χ0n) is 12.3. The lowest BCUT2D eigenvalue weighted by Crippen LogP contribution is -2.28. The number of benzene rings is 2. The lowest BCUT2D eigenvalue weighted by Gasteiger charge is -2.18. The Balaban J connectivity index is 1.63. The van der Waals surface area contributed by atoms with E-state index < -0.39 is 0 Å².